The largest absolute Gasteiger partial charge is 0.480 e. The molecule has 0 aliphatic rings. The molecule has 0 fully saturated rings. The van der Waals surface area contributed by atoms with Gasteiger partial charge in [-0.2, -0.15) is 13.2 Å². The van der Waals surface area contributed by atoms with E-state index in [0.29, 0.717) is 4.57 Å². The van der Waals surface area contributed by atoms with E-state index in [1.165, 1.54) is 18.2 Å². The quantitative estimate of drug-likeness (QED) is 0.664. The number of benzene rings is 2. The summed E-state index contributed by atoms with van der Waals surface area (Å²) in [6.45, 7) is -0.855. The maximum atomic E-state index is 13.0. The Labute approximate surface area is 167 Å². The Morgan fingerprint density at radius 3 is 2.40 bits per heavy atom. The molecule has 0 bridgehead atoms. The number of carbonyl (C=O) groups is 2. The van der Waals surface area contributed by atoms with Gasteiger partial charge in [0.2, 0.25) is 0 Å². The molecule has 0 saturated heterocycles. The lowest BCUT2D eigenvalue weighted by Crippen LogP contribution is -2.30. The fourth-order valence-corrected chi connectivity index (χ4v) is 2.71. The van der Waals surface area contributed by atoms with Gasteiger partial charge in [-0.25, -0.2) is 4.98 Å². The van der Waals surface area contributed by atoms with E-state index in [9.17, 15) is 27.6 Å². The Morgan fingerprint density at radius 1 is 1.07 bits per heavy atom. The molecule has 2 aromatic carbocycles. The number of amides is 1. The SMILES string of the molecule is O=C(O)Cn1c(-c2cccc(C(F)(F)F)c2)ncc(NC(=O)c2ccccc2)c1=O. The van der Waals surface area contributed by atoms with Gasteiger partial charge in [0.15, 0.2) is 0 Å². The zero-order chi connectivity index (χ0) is 21.9. The summed E-state index contributed by atoms with van der Waals surface area (Å²) in [7, 11) is 0. The number of aromatic nitrogens is 2. The third kappa shape index (κ3) is 4.54. The maximum absolute atomic E-state index is 13.0. The van der Waals surface area contributed by atoms with E-state index in [0.717, 1.165) is 24.4 Å². The number of aliphatic carboxylic acids is 1. The first kappa shape index (κ1) is 20.8. The number of hydrogen-bond acceptors (Lipinski definition) is 4. The highest BCUT2D eigenvalue weighted by molar-refractivity contribution is 6.04. The van der Waals surface area contributed by atoms with Crippen LogP contribution in [0.3, 0.4) is 0 Å². The van der Waals surface area contributed by atoms with Gasteiger partial charge in [0.05, 0.1) is 11.8 Å². The van der Waals surface area contributed by atoms with E-state index in [1.54, 1.807) is 18.2 Å². The predicted octanol–water partition coefficient (Wildman–Crippen LogP) is 3.27. The van der Waals surface area contributed by atoms with Crippen LogP contribution in [0.1, 0.15) is 15.9 Å². The van der Waals surface area contributed by atoms with Gasteiger partial charge in [0.1, 0.15) is 18.1 Å². The van der Waals surface area contributed by atoms with Gasteiger partial charge in [-0.1, -0.05) is 30.3 Å². The van der Waals surface area contributed by atoms with Crippen LogP contribution < -0.4 is 10.9 Å². The molecular formula is C20H14F3N3O4. The summed E-state index contributed by atoms with van der Waals surface area (Å²) in [6.07, 6.45) is -3.64. The molecule has 154 valence electrons. The lowest BCUT2D eigenvalue weighted by Gasteiger charge is -2.14. The first-order valence-corrected chi connectivity index (χ1v) is 8.52. The van der Waals surface area contributed by atoms with Crippen LogP contribution in [-0.4, -0.2) is 26.5 Å². The summed E-state index contributed by atoms with van der Waals surface area (Å²) in [6, 6.07) is 12.0. The highest BCUT2D eigenvalue weighted by atomic mass is 19.4. The average molecular weight is 417 g/mol. The molecule has 3 rings (SSSR count). The van der Waals surface area contributed by atoms with Crippen molar-refractivity contribution < 1.29 is 27.9 Å². The lowest BCUT2D eigenvalue weighted by molar-refractivity contribution is -0.138. The standard InChI is InChI=1S/C20H14F3N3O4/c21-20(22,23)14-8-4-7-13(9-14)17-24-10-15(19(30)26(17)11-16(27)28)25-18(29)12-5-2-1-3-6-12/h1-10H,11H2,(H,25,29)(H,27,28). The molecular weight excluding hydrogens is 403 g/mol. The molecule has 0 aliphatic heterocycles. The number of alkyl halides is 3. The average Bonchev–Trinajstić information content (AvgIpc) is 2.71. The van der Waals surface area contributed by atoms with Crippen molar-refractivity contribution in [2.24, 2.45) is 0 Å². The summed E-state index contributed by atoms with van der Waals surface area (Å²) in [5.74, 6) is -2.30. The maximum Gasteiger partial charge on any atom is 0.416 e. The number of carbonyl (C=O) groups excluding carboxylic acids is 1. The van der Waals surface area contributed by atoms with Gasteiger partial charge in [-0.3, -0.25) is 19.0 Å². The molecule has 0 aliphatic carbocycles. The number of anilines is 1. The van der Waals surface area contributed by atoms with Gasteiger partial charge in [0, 0.05) is 11.1 Å². The molecule has 0 unspecified atom stereocenters. The summed E-state index contributed by atoms with van der Waals surface area (Å²) in [5, 5.41) is 11.5. The number of halogens is 3. The van der Waals surface area contributed by atoms with E-state index in [2.05, 4.69) is 10.3 Å². The third-order valence-corrected chi connectivity index (χ3v) is 4.07. The Hall–Kier alpha value is -3.95. The number of nitrogens with zero attached hydrogens (tertiary/aromatic N) is 2. The van der Waals surface area contributed by atoms with Crippen LogP contribution in [0.25, 0.3) is 11.4 Å². The van der Waals surface area contributed by atoms with E-state index in [1.807, 2.05) is 0 Å². The smallest absolute Gasteiger partial charge is 0.416 e. The summed E-state index contributed by atoms with van der Waals surface area (Å²) < 4.78 is 39.7. The van der Waals surface area contributed by atoms with Crippen molar-refractivity contribution in [3.05, 3.63) is 82.3 Å². The van der Waals surface area contributed by atoms with Crippen molar-refractivity contribution in [1.29, 1.82) is 0 Å². The highest BCUT2D eigenvalue weighted by Crippen LogP contribution is 2.31. The van der Waals surface area contributed by atoms with Crippen molar-refractivity contribution in [2.45, 2.75) is 12.7 Å². The Kier molecular flexibility index (Phi) is 5.67. The number of nitrogens with one attached hydrogen (secondary N) is 1. The first-order chi connectivity index (χ1) is 14.2. The van der Waals surface area contributed by atoms with Crippen molar-refractivity contribution in [3.63, 3.8) is 0 Å². The van der Waals surface area contributed by atoms with Crippen molar-refractivity contribution in [2.75, 3.05) is 5.32 Å². The van der Waals surface area contributed by atoms with Crippen molar-refractivity contribution in [1.82, 2.24) is 9.55 Å². The minimum absolute atomic E-state index is 0.0934. The highest BCUT2D eigenvalue weighted by Gasteiger charge is 2.31. The molecule has 0 atom stereocenters. The van der Waals surface area contributed by atoms with Gasteiger partial charge >= 0.3 is 12.1 Å². The zero-order valence-electron chi connectivity index (χ0n) is 15.2. The van der Waals surface area contributed by atoms with E-state index in [4.69, 9.17) is 5.11 Å². The molecule has 1 aromatic heterocycles. The molecule has 10 heteroatoms. The molecule has 2 N–H and O–H groups in total. The second-order valence-corrected chi connectivity index (χ2v) is 6.18. The normalized spacial score (nSPS) is 11.2. The van der Waals surface area contributed by atoms with Crippen LogP contribution in [0.4, 0.5) is 18.9 Å². The molecule has 3 aromatic rings. The number of carboxylic acids is 1. The molecule has 0 spiro atoms. The molecule has 1 heterocycles. The summed E-state index contributed by atoms with van der Waals surface area (Å²) in [5.41, 5.74) is -2.03. The third-order valence-electron chi connectivity index (χ3n) is 4.07. The molecule has 7 nitrogen and oxygen atoms in total. The van der Waals surface area contributed by atoms with E-state index in [-0.39, 0.29) is 22.6 Å². The van der Waals surface area contributed by atoms with Gasteiger partial charge < -0.3 is 10.4 Å². The van der Waals surface area contributed by atoms with Crippen LogP contribution in [0.5, 0.6) is 0 Å². The van der Waals surface area contributed by atoms with Crippen molar-refractivity contribution >= 4 is 17.6 Å². The van der Waals surface area contributed by atoms with Gasteiger partial charge in [-0.15, -0.1) is 0 Å². The number of rotatable bonds is 5. The van der Waals surface area contributed by atoms with Gasteiger partial charge in [-0.05, 0) is 24.3 Å². The predicted molar refractivity (Wildman–Crippen MR) is 101 cm³/mol. The second kappa shape index (κ2) is 8.19. The minimum atomic E-state index is -4.63. The Bertz CT molecular complexity index is 1160. The van der Waals surface area contributed by atoms with Crippen molar-refractivity contribution in [3.8, 4) is 11.4 Å². The Balaban J connectivity index is 2.06. The van der Waals surface area contributed by atoms with Crippen LogP contribution in [-0.2, 0) is 17.5 Å². The summed E-state index contributed by atoms with van der Waals surface area (Å²) >= 11 is 0. The molecule has 0 saturated carbocycles. The number of carboxylic acid groups (broad SMARTS) is 1. The topological polar surface area (TPSA) is 101 Å². The van der Waals surface area contributed by atoms with E-state index >= 15 is 0 Å². The fraction of sp³-hybridized carbons (Fsp3) is 0.100. The van der Waals surface area contributed by atoms with E-state index < -0.39 is 35.7 Å². The van der Waals surface area contributed by atoms with Crippen LogP contribution in [0.15, 0.2) is 65.6 Å². The van der Waals surface area contributed by atoms with Crippen LogP contribution in [0, 0.1) is 0 Å². The Morgan fingerprint density at radius 2 is 1.77 bits per heavy atom. The second-order valence-electron chi connectivity index (χ2n) is 6.18. The molecule has 30 heavy (non-hydrogen) atoms. The zero-order valence-corrected chi connectivity index (χ0v) is 15.2. The van der Waals surface area contributed by atoms with Crippen LogP contribution >= 0.6 is 0 Å². The monoisotopic (exact) mass is 417 g/mol. The fourth-order valence-electron chi connectivity index (χ4n) is 2.71. The minimum Gasteiger partial charge on any atom is -0.480 e. The first-order valence-electron chi connectivity index (χ1n) is 8.52. The molecule has 0 radical (unpaired) electrons. The summed E-state index contributed by atoms with van der Waals surface area (Å²) in [4.78, 5) is 40.2. The van der Waals surface area contributed by atoms with Gasteiger partial charge in [0.25, 0.3) is 11.5 Å². The number of hydrogen-bond donors (Lipinski definition) is 2. The lowest BCUT2D eigenvalue weighted by atomic mass is 10.1. The molecule has 1 amide bonds. The van der Waals surface area contributed by atoms with Crippen LogP contribution in [0.2, 0.25) is 0 Å².